The van der Waals surface area contributed by atoms with E-state index in [0.29, 0.717) is 0 Å². The van der Waals surface area contributed by atoms with Crippen LogP contribution in [0.1, 0.15) is 52.0 Å². The minimum Gasteiger partial charge on any atom is -0.357 e. The molecule has 1 aliphatic heterocycles. The van der Waals surface area contributed by atoms with Crippen molar-refractivity contribution < 1.29 is 0 Å². The molecule has 0 spiro atoms. The number of hydrogen-bond acceptors (Lipinski definition) is 3. The quantitative estimate of drug-likeness (QED) is 0.339. The molecule has 2 N–H and O–H groups in total. The Hall–Kier alpha value is -1.59. The maximum atomic E-state index is 4.98. The van der Waals surface area contributed by atoms with Crippen LogP contribution in [0.2, 0.25) is 0 Å². The number of nitrogens with zero attached hydrogens (tertiary/aromatic N) is 3. The Morgan fingerprint density at radius 1 is 0.966 bits per heavy atom. The zero-order valence-corrected chi connectivity index (χ0v) is 19.2. The Balaban J connectivity index is 1.82. The zero-order valence-electron chi connectivity index (χ0n) is 19.2. The summed E-state index contributed by atoms with van der Waals surface area (Å²) in [5.41, 5.74) is 1.52. The summed E-state index contributed by atoms with van der Waals surface area (Å²) in [4.78, 5) is 9.99. The van der Waals surface area contributed by atoms with Crippen molar-refractivity contribution in [3.05, 3.63) is 35.9 Å². The molecule has 1 aliphatic rings. The Bertz CT molecular complexity index is 574. The standard InChI is InChI=1S/C24H43N5/c1-5-24(6-2,22-13-9-8-10-14-22)21-27-23(25-7-3)26-15-11-12-16-29-19-17-28(4)18-20-29/h8-10,13-14H,5-7,11-12,15-21H2,1-4H3,(H2,25,26,27). The van der Waals surface area contributed by atoms with Crippen molar-refractivity contribution in [1.82, 2.24) is 20.4 Å². The van der Waals surface area contributed by atoms with Gasteiger partial charge in [-0.25, -0.2) is 0 Å². The molecule has 29 heavy (non-hydrogen) atoms. The number of benzene rings is 1. The van der Waals surface area contributed by atoms with Gasteiger partial charge in [0.2, 0.25) is 0 Å². The van der Waals surface area contributed by atoms with E-state index in [9.17, 15) is 0 Å². The molecule has 1 heterocycles. The molecule has 2 rings (SSSR count). The molecule has 0 atom stereocenters. The van der Waals surface area contributed by atoms with Gasteiger partial charge in [-0.05, 0) is 51.8 Å². The third-order valence-electron chi connectivity index (χ3n) is 6.41. The fourth-order valence-corrected chi connectivity index (χ4v) is 4.08. The number of piperazine rings is 1. The van der Waals surface area contributed by atoms with Crippen LogP contribution in [-0.2, 0) is 5.41 Å². The number of rotatable bonds is 11. The first-order valence-corrected chi connectivity index (χ1v) is 11.6. The van der Waals surface area contributed by atoms with Gasteiger partial charge in [-0.2, -0.15) is 0 Å². The summed E-state index contributed by atoms with van der Waals surface area (Å²) in [6.45, 7) is 15.4. The van der Waals surface area contributed by atoms with Crippen molar-refractivity contribution in [3.63, 3.8) is 0 Å². The maximum absolute atomic E-state index is 4.98. The molecule has 164 valence electrons. The summed E-state index contributed by atoms with van der Waals surface area (Å²) in [6.07, 6.45) is 4.62. The molecule has 0 radical (unpaired) electrons. The molecule has 0 bridgehead atoms. The third kappa shape index (κ3) is 7.63. The van der Waals surface area contributed by atoms with E-state index < -0.39 is 0 Å². The third-order valence-corrected chi connectivity index (χ3v) is 6.41. The highest BCUT2D eigenvalue weighted by molar-refractivity contribution is 5.79. The predicted octanol–water partition coefficient (Wildman–Crippen LogP) is 3.33. The van der Waals surface area contributed by atoms with Gasteiger partial charge < -0.3 is 20.4 Å². The number of hydrogen-bond donors (Lipinski definition) is 2. The smallest absolute Gasteiger partial charge is 0.191 e. The number of aliphatic imine (C=N–C) groups is 1. The van der Waals surface area contributed by atoms with E-state index in [2.05, 4.69) is 78.6 Å². The van der Waals surface area contributed by atoms with E-state index in [1.165, 1.54) is 51.1 Å². The van der Waals surface area contributed by atoms with Gasteiger partial charge in [-0.3, -0.25) is 4.99 Å². The topological polar surface area (TPSA) is 42.9 Å². The first kappa shape index (κ1) is 23.7. The summed E-state index contributed by atoms with van der Waals surface area (Å²) in [6, 6.07) is 10.9. The normalized spacial score (nSPS) is 16.8. The summed E-state index contributed by atoms with van der Waals surface area (Å²) in [5.74, 6) is 0.953. The van der Waals surface area contributed by atoms with Crippen LogP contribution in [0.3, 0.4) is 0 Å². The van der Waals surface area contributed by atoms with Crippen LogP contribution in [-0.4, -0.2) is 75.2 Å². The highest BCUT2D eigenvalue weighted by atomic mass is 15.2. The number of likely N-dealkylation sites (N-methyl/N-ethyl adjacent to an activating group) is 1. The molecule has 1 saturated heterocycles. The van der Waals surface area contributed by atoms with Crippen molar-refractivity contribution >= 4 is 5.96 Å². The van der Waals surface area contributed by atoms with E-state index in [4.69, 9.17) is 4.99 Å². The van der Waals surface area contributed by atoms with Crippen molar-refractivity contribution in [2.24, 2.45) is 4.99 Å². The summed E-state index contributed by atoms with van der Waals surface area (Å²) < 4.78 is 0. The Kier molecular flexibility index (Phi) is 10.5. The van der Waals surface area contributed by atoms with E-state index >= 15 is 0 Å². The van der Waals surface area contributed by atoms with Gasteiger partial charge >= 0.3 is 0 Å². The number of nitrogens with one attached hydrogen (secondary N) is 2. The van der Waals surface area contributed by atoms with Gasteiger partial charge in [0, 0.05) is 44.7 Å². The second-order valence-corrected chi connectivity index (χ2v) is 8.33. The zero-order chi connectivity index (χ0) is 21.0. The van der Waals surface area contributed by atoms with Crippen LogP contribution < -0.4 is 10.6 Å². The molecule has 0 aliphatic carbocycles. The highest BCUT2D eigenvalue weighted by Gasteiger charge is 2.28. The molecule has 0 amide bonds. The lowest BCUT2D eigenvalue weighted by Gasteiger charge is -2.32. The summed E-state index contributed by atoms with van der Waals surface area (Å²) >= 11 is 0. The van der Waals surface area contributed by atoms with Gasteiger partial charge in [0.15, 0.2) is 5.96 Å². The Labute approximate surface area is 179 Å². The maximum Gasteiger partial charge on any atom is 0.191 e. The second kappa shape index (κ2) is 12.9. The fourth-order valence-electron chi connectivity index (χ4n) is 4.08. The average Bonchev–Trinajstić information content (AvgIpc) is 2.76. The largest absolute Gasteiger partial charge is 0.357 e. The van der Waals surface area contributed by atoms with Crippen LogP contribution in [0.15, 0.2) is 35.3 Å². The SMILES string of the molecule is CCNC(=NCC(CC)(CC)c1ccccc1)NCCCCN1CCN(C)CC1. The molecule has 1 aromatic carbocycles. The molecule has 1 aromatic rings. The van der Waals surface area contributed by atoms with Crippen molar-refractivity contribution in [2.45, 2.75) is 51.9 Å². The molecule has 1 fully saturated rings. The minimum atomic E-state index is 0.116. The predicted molar refractivity (Wildman–Crippen MR) is 126 cm³/mol. The molecular formula is C24H43N5. The van der Waals surface area contributed by atoms with Crippen molar-refractivity contribution in [1.29, 1.82) is 0 Å². The molecule has 0 aromatic heterocycles. The van der Waals surface area contributed by atoms with Gasteiger partial charge in [-0.15, -0.1) is 0 Å². The van der Waals surface area contributed by atoms with Gasteiger partial charge in [-0.1, -0.05) is 44.2 Å². The first-order chi connectivity index (χ1) is 14.1. The molecule has 0 unspecified atom stereocenters. The van der Waals surface area contributed by atoms with Gasteiger partial charge in [0.05, 0.1) is 6.54 Å². The van der Waals surface area contributed by atoms with Crippen LogP contribution in [0.5, 0.6) is 0 Å². The van der Waals surface area contributed by atoms with E-state index in [0.717, 1.165) is 38.4 Å². The second-order valence-electron chi connectivity index (χ2n) is 8.33. The fraction of sp³-hybridized carbons (Fsp3) is 0.708. The molecule has 5 heteroatoms. The van der Waals surface area contributed by atoms with Crippen molar-refractivity contribution in [3.8, 4) is 0 Å². The van der Waals surface area contributed by atoms with Gasteiger partial charge in [0.1, 0.15) is 0 Å². The van der Waals surface area contributed by atoms with Gasteiger partial charge in [0.25, 0.3) is 0 Å². The molecule has 5 nitrogen and oxygen atoms in total. The lowest BCUT2D eigenvalue weighted by Crippen LogP contribution is -2.44. The van der Waals surface area contributed by atoms with Crippen LogP contribution >= 0.6 is 0 Å². The highest BCUT2D eigenvalue weighted by Crippen LogP contribution is 2.31. The summed E-state index contributed by atoms with van der Waals surface area (Å²) in [5, 5.41) is 6.97. The van der Waals surface area contributed by atoms with E-state index in [1.807, 2.05) is 0 Å². The Morgan fingerprint density at radius 3 is 2.28 bits per heavy atom. The first-order valence-electron chi connectivity index (χ1n) is 11.6. The lowest BCUT2D eigenvalue weighted by molar-refractivity contribution is 0.152. The molecule has 0 saturated carbocycles. The van der Waals surface area contributed by atoms with E-state index in [1.54, 1.807) is 0 Å². The lowest BCUT2D eigenvalue weighted by atomic mass is 9.76. The van der Waals surface area contributed by atoms with Crippen LogP contribution in [0.25, 0.3) is 0 Å². The number of unbranched alkanes of at least 4 members (excludes halogenated alkanes) is 1. The monoisotopic (exact) mass is 401 g/mol. The van der Waals surface area contributed by atoms with Crippen LogP contribution in [0.4, 0.5) is 0 Å². The number of guanidine groups is 1. The molecular weight excluding hydrogens is 358 g/mol. The average molecular weight is 402 g/mol. The minimum absolute atomic E-state index is 0.116. The van der Waals surface area contributed by atoms with Crippen LogP contribution in [0, 0.1) is 0 Å². The van der Waals surface area contributed by atoms with Crippen molar-refractivity contribution in [2.75, 3.05) is 59.4 Å². The summed E-state index contributed by atoms with van der Waals surface area (Å²) in [7, 11) is 2.21. The van der Waals surface area contributed by atoms with E-state index in [-0.39, 0.29) is 5.41 Å². The Morgan fingerprint density at radius 2 is 1.66 bits per heavy atom.